The fourth-order valence-electron chi connectivity index (χ4n) is 1.53. The Kier molecular flexibility index (Phi) is 3.48. The average Bonchev–Trinajstić information content (AvgIpc) is 2.69. The largest absolute Gasteiger partial charge is 0.366 e. The van der Waals surface area contributed by atoms with Crippen molar-refractivity contribution in [3.63, 3.8) is 0 Å². The monoisotopic (exact) mass is 277 g/mol. The molecular formula is C12H11N3O3S. The van der Waals surface area contributed by atoms with Crippen molar-refractivity contribution < 1.29 is 9.59 Å². The van der Waals surface area contributed by atoms with E-state index < -0.39 is 5.91 Å². The van der Waals surface area contributed by atoms with E-state index in [1.807, 2.05) is 0 Å². The number of nitrogens with two attached hydrogens (primary N) is 1. The second-order valence-corrected chi connectivity index (χ2v) is 4.85. The Morgan fingerprint density at radius 1 is 1.26 bits per heavy atom. The Morgan fingerprint density at radius 3 is 2.37 bits per heavy atom. The van der Waals surface area contributed by atoms with Gasteiger partial charge >= 0.3 is 4.87 Å². The number of nitrogens with one attached hydrogen (secondary N) is 2. The van der Waals surface area contributed by atoms with Crippen LogP contribution in [0, 0.1) is 6.92 Å². The van der Waals surface area contributed by atoms with Gasteiger partial charge in [0.05, 0.1) is 0 Å². The zero-order valence-electron chi connectivity index (χ0n) is 10.0. The van der Waals surface area contributed by atoms with Crippen LogP contribution in [0.5, 0.6) is 0 Å². The fourth-order valence-corrected chi connectivity index (χ4v) is 2.26. The highest BCUT2D eigenvalue weighted by atomic mass is 32.1. The van der Waals surface area contributed by atoms with Crippen LogP contribution >= 0.6 is 11.3 Å². The molecule has 0 aliphatic rings. The maximum atomic E-state index is 11.9. The van der Waals surface area contributed by atoms with E-state index in [4.69, 9.17) is 5.73 Å². The summed E-state index contributed by atoms with van der Waals surface area (Å²) in [5.74, 6) is -0.898. The number of aromatic nitrogens is 1. The summed E-state index contributed by atoms with van der Waals surface area (Å²) in [6.45, 7) is 1.66. The molecule has 0 atom stereocenters. The molecule has 0 bridgehead atoms. The third-order valence-electron chi connectivity index (χ3n) is 2.46. The summed E-state index contributed by atoms with van der Waals surface area (Å²) in [5, 5.41) is 2.64. The lowest BCUT2D eigenvalue weighted by Gasteiger charge is -2.04. The van der Waals surface area contributed by atoms with Crippen molar-refractivity contribution in [2.75, 3.05) is 5.32 Å². The van der Waals surface area contributed by atoms with Gasteiger partial charge in [-0.15, -0.1) is 0 Å². The molecule has 0 aliphatic heterocycles. The predicted molar refractivity (Wildman–Crippen MR) is 72.6 cm³/mol. The second-order valence-electron chi connectivity index (χ2n) is 3.86. The van der Waals surface area contributed by atoms with Crippen LogP contribution in [0.15, 0.2) is 29.1 Å². The lowest BCUT2D eigenvalue weighted by Crippen LogP contribution is -2.13. The molecule has 0 saturated carbocycles. The van der Waals surface area contributed by atoms with Crippen LogP contribution < -0.4 is 15.9 Å². The van der Waals surface area contributed by atoms with Crippen LogP contribution in [0.1, 0.15) is 25.7 Å². The Balaban J connectivity index is 2.17. The van der Waals surface area contributed by atoms with E-state index in [2.05, 4.69) is 10.3 Å². The third-order valence-corrected chi connectivity index (χ3v) is 3.44. The summed E-state index contributed by atoms with van der Waals surface area (Å²) < 4.78 is 0. The van der Waals surface area contributed by atoms with Crippen molar-refractivity contribution in [3.8, 4) is 0 Å². The molecule has 1 heterocycles. The van der Waals surface area contributed by atoms with Crippen LogP contribution in [0.4, 0.5) is 5.69 Å². The van der Waals surface area contributed by atoms with E-state index in [0.29, 0.717) is 21.8 Å². The number of carbonyl (C=O) groups is 2. The molecule has 98 valence electrons. The fraction of sp³-hybridized carbons (Fsp3) is 0.0833. The predicted octanol–water partition coefficient (Wildman–Crippen LogP) is 1.10. The number of hydrogen-bond donors (Lipinski definition) is 3. The number of aromatic amines is 1. The Bertz CT molecular complexity index is 685. The quantitative estimate of drug-likeness (QED) is 0.782. The van der Waals surface area contributed by atoms with E-state index in [1.54, 1.807) is 19.1 Å². The van der Waals surface area contributed by atoms with Crippen LogP contribution in [-0.4, -0.2) is 16.8 Å². The average molecular weight is 277 g/mol. The minimum absolute atomic E-state index is 0.272. The van der Waals surface area contributed by atoms with Crippen LogP contribution in [0.3, 0.4) is 0 Å². The lowest BCUT2D eigenvalue weighted by molar-refractivity contribution is 0.0998. The number of rotatable bonds is 3. The van der Waals surface area contributed by atoms with E-state index >= 15 is 0 Å². The molecule has 6 nitrogen and oxygen atoms in total. The van der Waals surface area contributed by atoms with Crippen molar-refractivity contribution in [2.45, 2.75) is 6.92 Å². The molecule has 1 aromatic heterocycles. The van der Waals surface area contributed by atoms with Gasteiger partial charge in [0.25, 0.3) is 5.91 Å². The van der Waals surface area contributed by atoms with Gasteiger partial charge in [0.2, 0.25) is 5.91 Å². The van der Waals surface area contributed by atoms with Crippen LogP contribution in [0.25, 0.3) is 0 Å². The Hall–Kier alpha value is -2.41. The van der Waals surface area contributed by atoms with Crippen molar-refractivity contribution in [1.82, 2.24) is 4.98 Å². The van der Waals surface area contributed by atoms with Crippen LogP contribution in [0.2, 0.25) is 0 Å². The summed E-state index contributed by atoms with van der Waals surface area (Å²) in [6, 6.07) is 6.18. The van der Waals surface area contributed by atoms with Gasteiger partial charge in [-0.05, 0) is 31.2 Å². The maximum Gasteiger partial charge on any atom is 0.305 e. The number of carbonyl (C=O) groups excluding carboxylic acids is 2. The summed E-state index contributed by atoms with van der Waals surface area (Å²) in [7, 11) is 0. The minimum Gasteiger partial charge on any atom is -0.366 e. The van der Waals surface area contributed by atoms with E-state index in [1.165, 1.54) is 12.1 Å². The second kappa shape index (κ2) is 5.07. The first-order valence-electron chi connectivity index (χ1n) is 5.38. The lowest BCUT2D eigenvalue weighted by atomic mass is 10.2. The molecular weight excluding hydrogens is 266 g/mol. The van der Waals surface area contributed by atoms with E-state index in [9.17, 15) is 14.4 Å². The third kappa shape index (κ3) is 2.89. The number of primary amides is 1. The molecule has 7 heteroatoms. The molecule has 0 radical (unpaired) electrons. The van der Waals surface area contributed by atoms with Crippen molar-refractivity contribution in [2.24, 2.45) is 5.73 Å². The van der Waals surface area contributed by atoms with Gasteiger partial charge in [0, 0.05) is 16.9 Å². The van der Waals surface area contributed by atoms with Gasteiger partial charge in [0.15, 0.2) is 0 Å². The van der Waals surface area contributed by atoms with Gasteiger partial charge in [-0.1, -0.05) is 11.3 Å². The molecule has 4 N–H and O–H groups in total. The SMILES string of the molecule is Cc1[nH]c(=O)sc1C(=O)Nc1ccc(C(N)=O)cc1. The maximum absolute atomic E-state index is 11.9. The summed E-state index contributed by atoms with van der Waals surface area (Å²) in [4.78, 5) is 36.5. The highest BCUT2D eigenvalue weighted by molar-refractivity contribution is 7.11. The summed E-state index contributed by atoms with van der Waals surface area (Å²) in [5.41, 5.74) is 6.53. The zero-order valence-corrected chi connectivity index (χ0v) is 10.8. The minimum atomic E-state index is -0.530. The molecule has 0 aliphatic carbocycles. The number of thiazole rings is 1. The smallest absolute Gasteiger partial charge is 0.305 e. The zero-order chi connectivity index (χ0) is 14.0. The van der Waals surface area contributed by atoms with Gasteiger partial charge in [-0.3, -0.25) is 14.4 Å². The summed E-state index contributed by atoms with van der Waals surface area (Å²) >= 11 is 0.852. The first-order chi connectivity index (χ1) is 8.97. The molecule has 0 saturated heterocycles. The van der Waals surface area contributed by atoms with Gasteiger partial charge in [-0.2, -0.15) is 0 Å². The van der Waals surface area contributed by atoms with E-state index in [-0.39, 0.29) is 10.8 Å². The Morgan fingerprint density at radius 2 is 1.89 bits per heavy atom. The molecule has 2 amide bonds. The van der Waals surface area contributed by atoms with Crippen LogP contribution in [-0.2, 0) is 0 Å². The molecule has 1 aromatic carbocycles. The first-order valence-corrected chi connectivity index (χ1v) is 6.20. The summed E-state index contributed by atoms with van der Waals surface area (Å²) in [6.07, 6.45) is 0. The molecule has 0 unspecified atom stereocenters. The van der Waals surface area contributed by atoms with Crippen molar-refractivity contribution in [1.29, 1.82) is 0 Å². The highest BCUT2D eigenvalue weighted by Gasteiger charge is 2.13. The van der Waals surface area contributed by atoms with Gasteiger partial charge in [-0.25, -0.2) is 0 Å². The first kappa shape index (κ1) is 13.0. The topological polar surface area (TPSA) is 105 Å². The van der Waals surface area contributed by atoms with Gasteiger partial charge in [0.1, 0.15) is 4.88 Å². The highest BCUT2D eigenvalue weighted by Crippen LogP contribution is 2.14. The number of anilines is 1. The Labute approximate surface area is 112 Å². The van der Waals surface area contributed by atoms with Gasteiger partial charge < -0.3 is 16.0 Å². The van der Waals surface area contributed by atoms with E-state index in [0.717, 1.165) is 11.3 Å². The molecule has 0 spiro atoms. The molecule has 2 rings (SSSR count). The molecule has 0 fully saturated rings. The van der Waals surface area contributed by atoms with Crippen molar-refractivity contribution in [3.05, 3.63) is 50.1 Å². The number of hydrogen-bond acceptors (Lipinski definition) is 4. The number of H-pyrrole nitrogens is 1. The standard InChI is InChI=1S/C12H11N3O3S/c1-6-9(19-12(18)14-6)11(17)15-8-4-2-7(3-5-8)10(13)16/h2-5H,1H3,(H2,13,16)(H,14,18)(H,15,17). The molecule has 2 aromatic rings. The number of amides is 2. The van der Waals surface area contributed by atoms with Crippen molar-refractivity contribution >= 4 is 28.8 Å². The number of aryl methyl sites for hydroxylation is 1. The normalized spacial score (nSPS) is 10.2. The molecule has 19 heavy (non-hydrogen) atoms. The number of benzene rings is 1.